The zero-order valence-electron chi connectivity index (χ0n) is 15.9. The van der Waals surface area contributed by atoms with Crippen molar-refractivity contribution in [3.8, 4) is 0 Å². The molecular formula is C16H32O3Si4. The Hall–Kier alpha value is -0.192. The van der Waals surface area contributed by atoms with Crippen molar-refractivity contribution in [2.24, 2.45) is 0 Å². The predicted octanol–water partition coefficient (Wildman–Crippen LogP) is 5.07. The fourth-order valence-corrected chi connectivity index (χ4v) is 21.7. The molecule has 130 valence electrons. The molecule has 0 radical (unpaired) electrons. The van der Waals surface area contributed by atoms with Crippen LogP contribution in [0.5, 0.6) is 0 Å². The molecule has 3 nitrogen and oxygen atoms in total. The van der Waals surface area contributed by atoms with Crippen molar-refractivity contribution in [2.45, 2.75) is 64.7 Å². The highest BCUT2D eigenvalue weighted by Gasteiger charge is 2.45. The molecule has 0 aliphatic rings. The molecule has 0 amide bonds. The Balaban J connectivity index is 2.93. The van der Waals surface area contributed by atoms with Crippen molar-refractivity contribution in [3.05, 3.63) is 35.9 Å². The van der Waals surface area contributed by atoms with Gasteiger partial charge in [0, 0.05) is 0 Å². The van der Waals surface area contributed by atoms with E-state index in [2.05, 4.69) is 70.5 Å². The van der Waals surface area contributed by atoms with Crippen molar-refractivity contribution in [1.29, 1.82) is 0 Å². The van der Waals surface area contributed by atoms with Crippen LogP contribution >= 0.6 is 0 Å². The second-order valence-electron chi connectivity index (χ2n) is 8.02. The van der Waals surface area contributed by atoms with E-state index < -0.39 is 32.9 Å². The van der Waals surface area contributed by atoms with E-state index in [-0.39, 0.29) is 0 Å². The molecule has 0 spiro atoms. The molecule has 0 aliphatic heterocycles. The molecule has 1 rings (SSSR count). The summed E-state index contributed by atoms with van der Waals surface area (Å²) in [6.07, 6.45) is 0. The van der Waals surface area contributed by atoms with Gasteiger partial charge in [0.1, 0.15) is 0 Å². The lowest BCUT2D eigenvalue weighted by molar-refractivity contribution is 0.393. The molecule has 7 heteroatoms. The number of hydrogen-bond donors (Lipinski definition) is 0. The van der Waals surface area contributed by atoms with Crippen LogP contribution in [0.3, 0.4) is 0 Å². The van der Waals surface area contributed by atoms with Gasteiger partial charge in [-0.2, -0.15) is 0 Å². The first-order valence-corrected chi connectivity index (χ1v) is 20.1. The molecule has 0 saturated carbocycles. The van der Waals surface area contributed by atoms with E-state index in [9.17, 15) is 4.46 Å². The minimum Gasteiger partial charge on any atom is -0.437 e. The predicted molar refractivity (Wildman–Crippen MR) is 107 cm³/mol. The molecule has 1 aromatic rings. The lowest BCUT2D eigenvalue weighted by Gasteiger charge is -2.38. The average molecular weight is 385 g/mol. The second-order valence-corrected chi connectivity index (χ2v) is 25.9. The first-order valence-electron chi connectivity index (χ1n) is 8.31. The molecule has 0 N–H and O–H groups in total. The summed E-state index contributed by atoms with van der Waals surface area (Å²) in [6.45, 7) is 17.0. The molecule has 0 aromatic heterocycles. The van der Waals surface area contributed by atoms with Crippen LogP contribution in [-0.2, 0) is 12.7 Å². The molecule has 0 fully saturated rings. The van der Waals surface area contributed by atoms with E-state index in [1.165, 1.54) is 5.56 Å². The van der Waals surface area contributed by atoms with E-state index in [1.807, 2.05) is 12.6 Å². The van der Waals surface area contributed by atoms with E-state index in [4.69, 9.17) is 8.23 Å². The Morgan fingerprint density at radius 1 is 1.00 bits per heavy atom. The maximum Gasteiger partial charge on any atom is 0.311 e. The van der Waals surface area contributed by atoms with Crippen LogP contribution in [0.1, 0.15) is 18.4 Å². The molecule has 0 saturated heterocycles. The summed E-state index contributed by atoms with van der Waals surface area (Å²) in [5, 5.41) is 0. The van der Waals surface area contributed by atoms with E-state index in [0.29, 0.717) is 5.92 Å². The smallest absolute Gasteiger partial charge is 0.311 e. The Morgan fingerprint density at radius 2 is 1.52 bits per heavy atom. The fraction of sp³-hybridized carbons (Fsp3) is 0.625. The first-order chi connectivity index (χ1) is 10.3. The van der Waals surface area contributed by atoms with Crippen molar-refractivity contribution < 1.29 is 12.7 Å². The van der Waals surface area contributed by atoms with Crippen LogP contribution in [0.25, 0.3) is 0 Å². The van der Waals surface area contributed by atoms with Gasteiger partial charge in [0.25, 0.3) is 8.20 Å². The molecule has 1 aromatic carbocycles. The quantitative estimate of drug-likeness (QED) is 0.587. The third kappa shape index (κ3) is 7.06. The maximum atomic E-state index is 12.6. The highest BCUT2D eigenvalue weighted by molar-refractivity contribution is 7.25. The van der Waals surface area contributed by atoms with Crippen molar-refractivity contribution >= 4 is 32.9 Å². The normalized spacial score (nSPS) is 16.7. The highest BCUT2D eigenvalue weighted by Crippen LogP contribution is 2.30. The Morgan fingerprint density at radius 3 is 1.96 bits per heavy atom. The summed E-state index contributed by atoms with van der Waals surface area (Å²) in [7, 11) is -7.95. The zero-order chi connectivity index (χ0) is 17.9. The van der Waals surface area contributed by atoms with Gasteiger partial charge in [0.05, 0.1) is 0 Å². The van der Waals surface area contributed by atoms with Crippen LogP contribution in [-0.4, -0.2) is 32.9 Å². The van der Waals surface area contributed by atoms with E-state index in [0.717, 1.165) is 6.04 Å². The van der Waals surface area contributed by atoms with Crippen molar-refractivity contribution in [2.75, 3.05) is 0 Å². The van der Waals surface area contributed by atoms with Gasteiger partial charge in [-0.25, -0.2) is 0 Å². The second kappa shape index (κ2) is 7.79. The third-order valence-electron chi connectivity index (χ3n) is 3.83. The summed E-state index contributed by atoms with van der Waals surface area (Å²) in [4.78, 5) is 0. The molecule has 0 bridgehead atoms. The molecule has 2 unspecified atom stereocenters. The standard InChI is InChI=1S/C16H32O3Si4/c1-15(16-12-10-9-11-13-16)14-23(8,20(2)17)19-22(6,7)18-21(3,4)5/h9-13,15H,14H2,1-8H3. The average Bonchev–Trinajstić information content (AvgIpc) is 2.35. The summed E-state index contributed by atoms with van der Waals surface area (Å²) < 4.78 is 25.5. The highest BCUT2D eigenvalue weighted by atomic mass is 29.2. The van der Waals surface area contributed by atoms with Gasteiger partial charge in [-0.15, -0.1) is 0 Å². The monoisotopic (exact) mass is 384 g/mol. The summed E-state index contributed by atoms with van der Waals surface area (Å²) >= 11 is 0. The molecule has 2 atom stereocenters. The van der Waals surface area contributed by atoms with Crippen molar-refractivity contribution in [1.82, 2.24) is 0 Å². The molecule has 0 aliphatic carbocycles. The summed E-state index contributed by atoms with van der Waals surface area (Å²) in [5.74, 6) is 0.360. The van der Waals surface area contributed by atoms with Gasteiger partial charge in [0.15, 0.2) is 8.32 Å². The maximum absolute atomic E-state index is 12.6. The summed E-state index contributed by atoms with van der Waals surface area (Å²) in [5.41, 5.74) is 1.30. The topological polar surface area (TPSA) is 35.5 Å². The zero-order valence-corrected chi connectivity index (χ0v) is 19.9. The van der Waals surface area contributed by atoms with Gasteiger partial charge >= 0.3 is 8.56 Å². The van der Waals surface area contributed by atoms with E-state index in [1.54, 1.807) is 0 Å². The van der Waals surface area contributed by atoms with Gasteiger partial charge in [-0.1, -0.05) is 37.3 Å². The van der Waals surface area contributed by atoms with Gasteiger partial charge in [-0.05, 0) is 63.4 Å². The fourth-order valence-electron chi connectivity index (χ4n) is 3.04. The molecular weight excluding hydrogens is 353 g/mol. The van der Waals surface area contributed by atoms with Gasteiger partial charge < -0.3 is 12.7 Å². The Kier molecular flexibility index (Phi) is 7.06. The van der Waals surface area contributed by atoms with Crippen LogP contribution in [0, 0.1) is 0 Å². The van der Waals surface area contributed by atoms with Crippen LogP contribution in [0.4, 0.5) is 0 Å². The van der Waals surface area contributed by atoms with Crippen LogP contribution in [0.2, 0.25) is 51.9 Å². The van der Waals surface area contributed by atoms with Crippen LogP contribution in [0.15, 0.2) is 30.3 Å². The molecule has 23 heavy (non-hydrogen) atoms. The minimum absolute atomic E-state index is 0.360. The summed E-state index contributed by atoms with van der Waals surface area (Å²) in [6, 6.07) is 11.3. The lowest BCUT2D eigenvalue weighted by Crippen LogP contribution is -2.57. The van der Waals surface area contributed by atoms with Gasteiger partial charge in [-0.3, -0.25) is 0 Å². The Labute approximate surface area is 146 Å². The largest absolute Gasteiger partial charge is 0.437 e. The van der Waals surface area contributed by atoms with E-state index >= 15 is 0 Å². The molecule has 0 heterocycles. The first kappa shape index (κ1) is 20.9. The number of benzene rings is 1. The SMILES string of the molecule is CC(C[Si](C)(O[Si](C)(C)O[Si](C)(C)C)[Si](C)=O)c1ccccc1. The third-order valence-corrected chi connectivity index (χ3v) is 20.9. The number of rotatable bonds is 8. The Bertz CT molecular complexity index is 528. The van der Waals surface area contributed by atoms with Crippen molar-refractivity contribution in [3.63, 3.8) is 0 Å². The lowest BCUT2D eigenvalue weighted by atomic mass is 10.0. The minimum atomic E-state index is -2.30. The van der Waals surface area contributed by atoms with Crippen LogP contribution < -0.4 is 0 Å². The number of hydrogen-bond acceptors (Lipinski definition) is 3. The van der Waals surface area contributed by atoms with Gasteiger partial charge in [0.2, 0.25) is 7.83 Å².